The average Bonchev–Trinajstić information content (AvgIpc) is 3.79. The van der Waals surface area contributed by atoms with E-state index in [1.807, 2.05) is 48.5 Å². The molecule has 8 rings (SSSR count). The topological polar surface area (TPSA) is 116 Å². The number of fused-ring (bicyclic) bond motifs is 2. The van der Waals surface area contributed by atoms with Gasteiger partial charge in [0.05, 0.1) is 31.3 Å². The Balaban J connectivity index is 1.05. The zero-order chi connectivity index (χ0) is 38.3. The molecule has 0 bridgehead atoms. The van der Waals surface area contributed by atoms with Gasteiger partial charge in [-0.1, -0.05) is 84.9 Å². The number of rotatable bonds is 13. The van der Waals surface area contributed by atoms with Gasteiger partial charge in [0.15, 0.2) is 0 Å². The number of nitriles is 1. The molecule has 2 fully saturated rings. The van der Waals surface area contributed by atoms with Crippen LogP contribution in [0.3, 0.4) is 0 Å². The highest BCUT2D eigenvalue weighted by Gasteiger charge is 2.34. The molecule has 11 heteroatoms. The van der Waals surface area contributed by atoms with Crippen LogP contribution in [-0.4, -0.2) is 78.3 Å². The van der Waals surface area contributed by atoms with Crippen LogP contribution in [0.1, 0.15) is 48.6 Å². The summed E-state index contributed by atoms with van der Waals surface area (Å²) >= 11 is 0. The number of aromatic nitrogens is 2. The maximum Gasteiger partial charge on any atom is 0.320 e. The molecule has 4 heterocycles. The molecule has 11 nitrogen and oxygen atoms in total. The minimum Gasteiger partial charge on any atom is -0.489 e. The first kappa shape index (κ1) is 37.2. The highest BCUT2D eigenvalue weighted by atomic mass is 16.5. The molecular formula is C45H49N7O4. The van der Waals surface area contributed by atoms with E-state index in [1.54, 1.807) is 0 Å². The largest absolute Gasteiger partial charge is 0.489 e. The minimum absolute atomic E-state index is 0.101. The summed E-state index contributed by atoms with van der Waals surface area (Å²) < 4.78 is 18.5. The molecule has 3 aliphatic rings. The van der Waals surface area contributed by atoms with Gasteiger partial charge in [0.25, 0.3) is 0 Å². The molecule has 3 aliphatic heterocycles. The molecule has 0 radical (unpaired) electrons. The number of carbonyl (C=O) groups is 1. The van der Waals surface area contributed by atoms with Crippen LogP contribution in [0.25, 0.3) is 10.8 Å². The summed E-state index contributed by atoms with van der Waals surface area (Å²) in [7, 11) is 0. The number of hydrogen-bond acceptors (Lipinski definition) is 11. The summed E-state index contributed by atoms with van der Waals surface area (Å²) in [5.74, 6) is 1.39. The second kappa shape index (κ2) is 17.4. The van der Waals surface area contributed by atoms with Gasteiger partial charge in [0.2, 0.25) is 0 Å². The van der Waals surface area contributed by atoms with Crippen LogP contribution >= 0.6 is 0 Å². The summed E-state index contributed by atoms with van der Waals surface area (Å²) in [6.07, 6.45) is 3.09. The third-order valence-electron chi connectivity index (χ3n) is 11.2. The Hall–Kier alpha value is -5.70. The van der Waals surface area contributed by atoms with Gasteiger partial charge in [-0.2, -0.15) is 15.2 Å². The number of hydrogen-bond donors (Lipinski definition) is 1. The van der Waals surface area contributed by atoms with Gasteiger partial charge in [0.1, 0.15) is 30.9 Å². The lowest BCUT2D eigenvalue weighted by atomic mass is 10.0. The first-order valence-corrected chi connectivity index (χ1v) is 19.8. The Kier molecular flexibility index (Phi) is 11.6. The van der Waals surface area contributed by atoms with Gasteiger partial charge in [-0.3, -0.25) is 9.69 Å². The Morgan fingerprint density at radius 1 is 0.929 bits per heavy atom. The summed E-state index contributed by atoms with van der Waals surface area (Å²) in [5, 5.41) is 15.7. The Labute approximate surface area is 328 Å². The molecule has 0 aliphatic carbocycles. The van der Waals surface area contributed by atoms with Gasteiger partial charge in [0, 0.05) is 61.0 Å². The molecule has 0 saturated carbocycles. The summed E-state index contributed by atoms with van der Waals surface area (Å²) in [5.41, 5.74) is 5.21. The van der Waals surface area contributed by atoms with Crippen molar-refractivity contribution in [2.75, 3.05) is 49.1 Å². The van der Waals surface area contributed by atoms with Crippen LogP contribution in [0, 0.1) is 11.3 Å². The van der Waals surface area contributed by atoms with E-state index in [-0.39, 0.29) is 43.7 Å². The van der Waals surface area contributed by atoms with Crippen LogP contribution in [0.4, 0.5) is 11.5 Å². The molecule has 288 valence electrons. The lowest BCUT2D eigenvalue weighted by Gasteiger charge is -2.42. The fourth-order valence-corrected chi connectivity index (χ4v) is 8.16. The molecular weight excluding hydrogens is 703 g/mol. The first-order chi connectivity index (χ1) is 27.5. The van der Waals surface area contributed by atoms with E-state index in [0.29, 0.717) is 38.8 Å². The van der Waals surface area contributed by atoms with Gasteiger partial charge in [-0.25, -0.2) is 0 Å². The van der Waals surface area contributed by atoms with Gasteiger partial charge in [-0.15, -0.1) is 0 Å². The second-order valence-electron chi connectivity index (χ2n) is 15.0. The lowest BCUT2D eigenvalue weighted by Crippen LogP contribution is -2.55. The van der Waals surface area contributed by atoms with Crippen molar-refractivity contribution in [3.05, 3.63) is 119 Å². The van der Waals surface area contributed by atoms with E-state index >= 15 is 0 Å². The van der Waals surface area contributed by atoms with Gasteiger partial charge >= 0.3 is 12.0 Å². The van der Waals surface area contributed by atoms with E-state index in [2.05, 4.69) is 81.5 Å². The summed E-state index contributed by atoms with van der Waals surface area (Å²) in [4.78, 5) is 29.9. The van der Waals surface area contributed by atoms with E-state index in [9.17, 15) is 10.1 Å². The third kappa shape index (κ3) is 8.72. The maximum absolute atomic E-state index is 13.0. The number of carbonyl (C=O) groups excluding carboxylic acids is 1. The van der Waals surface area contributed by atoms with E-state index in [1.165, 1.54) is 0 Å². The number of nitrogens with zero attached hydrogens (tertiary/aromatic N) is 6. The summed E-state index contributed by atoms with van der Waals surface area (Å²) in [6, 6.07) is 35.4. The number of ether oxygens (including phenoxy) is 3. The van der Waals surface area contributed by atoms with Crippen LogP contribution in [0.15, 0.2) is 97.1 Å². The van der Waals surface area contributed by atoms with Crippen LogP contribution in [0.2, 0.25) is 0 Å². The number of piperazine rings is 1. The molecule has 0 spiro atoms. The third-order valence-corrected chi connectivity index (χ3v) is 11.2. The molecule has 0 amide bonds. The lowest BCUT2D eigenvalue weighted by molar-refractivity contribution is -0.147. The summed E-state index contributed by atoms with van der Waals surface area (Å²) in [6.45, 7) is 7.06. The highest BCUT2D eigenvalue weighted by Crippen LogP contribution is 2.37. The van der Waals surface area contributed by atoms with Crippen LogP contribution < -0.4 is 24.6 Å². The van der Waals surface area contributed by atoms with Crippen LogP contribution in [0.5, 0.6) is 11.8 Å². The molecule has 2 saturated heterocycles. The molecule has 3 atom stereocenters. The van der Waals surface area contributed by atoms with E-state index in [4.69, 9.17) is 24.2 Å². The average molecular weight is 752 g/mol. The van der Waals surface area contributed by atoms with Gasteiger partial charge in [-0.05, 0) is 55.3 Å². The zero-order valence-electron chi connectivity index (χ0n) is 32.0. The van der Waals surface area contributed by atoms with E-state index < -0.39 is 0 Å². The van der Waals surface area contributed by atoms with Crippen LogP contribution in [-0.2, 0) is 35.7 Å². The smallest absolute Gasteiger partial charge is 0.320 e. The fourth-order valence-electron chi connectivity index (χ4n) is 8.16. The Morgan fingerprint density at radius 3 is 2.46 bits per heavy atom. The van der Waals surface area contributed by atoms with Crippen molar-refractivity contribution in [3.8, 4) is 17.8 Å². The first-order valence-electron chi connectivity index (χ1n) is 19.8. The van der Waals surface area contributed by atoms with Crippen molar-refractivity contribution in [2.24, 2.45) is 0 Å². The molecule has 1 aromatic heterocycles. The highest BCUT2D eigenvalue weighted by molar-refractivity contribution is 5.96. The van der Waals surface area contributed by atoms with Crippen molar-refractivity contribution >= 4 is 28.2 Å². The number of nitrogens with one attached hydrogen (secondary N) is 1. The number of benzene rings is 4. The van der Waals surface area contributed by atoms with E-state index in [0.717, 1.165) is 82.8 Å². The predicted molar refractivity (Wildman–Crippen MR) is 217 cm³/mol. The molecule has 5 aromatic rings. The quantitative estimate of drug-likeness (QED) is 0.134. The monoisotopic (exact) mass is 751 g/mol. The second-order valence-corrected chi connectivity index (χ2v) is 15.0. The Bertz CT molecular complexity index is 2160. The Morgan fingerprint density at radius 2 is 1.70 bits per heavy atom. The molecule has 4 aromatic carbocycles. The minimum atomic E-state index is -0.294. The SMILES string of the molecule is C[C@@H](Oc1nc2c(c(N3CCN(CC(=O)OCc4ccccc4)[C@@H](CC#N)C3)n1)CCN(c1cc(OCc3ccccc3)cc3ccccc13)C2)[C@H]1CCCN1. The standard InChI is InChI=1S/C45H49N7O4/c1-32(40-17-10-21-47-40)56-45-48-41-28-51(42-26-37(25-35-15-8-9-16-38(35)42)54-30-33-11-4-2-5-12-33)22-19-39(41)44(49-45)52-24-23-50(36(27-52)18-20-46)29-43(53)55-31-34-13-6-3-7-14-34/h2-9,11-16,25-26,32,36,40,47H,10,17-19,21-24,27-31H2,1H3/t32-,36+,40-/m1/s1. The van der Waals surface area contributed by atoms with Crippen molar-refractivity contribution < 1.29 is 19.0 Å². The van der Waals surface area contributed by atoms with Crippen molar-refractivity contribution in [1.29, 1.82) is 5.26 Å². The predicted octanol–water partition coefficient (Wildman–Crippen LogP) is 6.44. The van der Waals surface area contributed by atoms with Crippen molar-refractivity contribution in [2.45, 2.75) is 70.6 Å². The van der Waals surface area contributed by atoms with Crippen molar-refractivity contribution in [3.63, 3.8) is 0 Å². The molecule has 56 heavy (non-hydrogen) atoms. The van der Waals surface area contributed by atoms with Gasteiger partial charge < -0.3 is 29.3 Å². The molecule has 0 unspecified atom stereocenters. The normalized spacial score (nSPS) is 18.9. The molecule has 1 N–H and O–H groups in total. The number of esters is 1. The number of anilines is 2. The maximum atomic E-state index is 13.0. The fraction of sp³-hybridized carbons (Fsp3) is 0.378. The zero-order valence-corrected chi connectivity index (χ0v) is 32.0. The van der Waals surface area contributed by atoms with Crippen molar-refractivity contribution in [1.82, 2.24) is 20.2 Å².